The minimum absolute atomic E-state index is 0.105. The molecule has 1 fully saturated rings. The number of rotatable bonds is 4. The lowest BCUT2D eigenvalue weighted by Crippen LogP contribution is -2.16. The summed E-state index contributed by atoms with van der Waals surface area (Å²) in [5.74, 6) is -0.0892. The molecule has 1 aliphatic rings. The zero-order chi connectivity index (χ0) is 11.4. The van der Waals surface area contributed by atoms with Crippen molar-refractivity contribution in [2.24, 2.45) is 5.73 Å². The zero-order valence-electron chi connectivity index (χ0n) is 9.12. The van der Waals surface area contributed by atoms with Crippen LogP contribution in [0.5, 0.6) is 5.75 Å². The summed E-state index contributed by atoms with van der Waals surface area (Å²) < 4.78 is 24.3. The molecule has 2 rings (SSSR count). The van der Waals surface area contributed by atoms with Crippen LogP contribution < -0.4 is 10.5 Å². The molecule has 16 heavy (non-hydrogen) atoms. The minimum Gasteiger partial charge on any atom is -0.488 e. The van der Waals surface area contributed by atoms with E-state index in [1.807, 2.05) is 0 Å². The molecule has 1 aromatic rings. The van der Waals surface area contributed by atoms with Gasteiger partial charge in [0, 0.05) is 13.2 Å². The Bertz CT molecular complexity index is 351. The van der Waals surface area contributed by atoms with E-state index < -0.39 is 0 Å². The standard InChI is InChI=1S/C12H16FNO2/c13-11-6-9(7-14)3-4-12(11)16-8-10-2-1-5-15-10/h3-4,6,10H,1-2,5,7-8,14H2. The molecule has 0 radical (unpaired) electrons. The van der Waals surface area contributed by atoms with Crippen molar-refractivity contribution in [2.75, 3.05) is 13.2 Å². The SMILES string of the molecule is NCc1ccc(OCC2CCCO2)c(F)c1. The number of halogens is 1. The topological polar surface area (TPSA) is 44.5 Å². The minimum atomic E-state index is -0.360. The zero-order valence-corrected chi connectivity index (χ0v) is 9.12. The molecule has 0 bridgehead atoms. The number of hydrogen-bond acceptors (Lipinski definition) is 3. The lowest BCUT2D eigenvalue weighted by atomic mass is 10.2. The van der Waals surface area contributed by atoms with Crippen LogP contribution in [-0.4, -0.2) is 19.3 Å². The summed E-state index contributed by atoms with van der Waals surface area (Å²) in [6.45, 7) is 1.53. The fourth-order valence-electron chi connectivity index (χ4n) is 1.75. The number of ether oxygens (including phenoxy) is 2. The van der Waals surface area contributed by atoms with Gasteiger partial charge in [0.15, 0.2) is 11.6 Å². The molecule has 1 heterocycles. The summed E-state index contributed by atoms with van der Waals surface area (Å²) >= 11 is 0. The van der Waals surface area contributed by atoms with Crippen molar-refractivity contribution in [2.45, 2.75) is 25.5 Å². The summed E-state index contributed by atoms with van der Waals surface area (Å²) in [7, 11) is 0. The lowest BCUT2D eigenvalue weighted by molar-refractivity contribution is 0.0665. The van der Waals surface area contributed by atoms with Gasteiger partial charge in [-0.2, -0.15) is 0 Å². The normalized spacial score (nSPS) is 20.0. The van der Waals surface area contributed by atoms with Gasteiger partial charge in [-0.25, -0.2) is 4.39 Å². The van der Waals surface area contributed by atoms with Gasteiger partial charge in [-0.05, 0) is 30.5 Å². The monoisotopic (exact) mass is 225 g/mol. The summed E-state index contributed by atoms with van der Waals surface area (Å²) in [4.78, 5) is 0. The Balaban J connectivity index is 1.93. The van der Waals surface area contributed by atoms with Crippen LogP contribution in [0.15, 0.2) is 18.2 Å². The Labute approximate surface area is 94.3 Å². The third-order valence-corrected chi connectivity index (χ3v) is 2.68. The van der Waals surface area contributed by atoms with Crippen LogP contribution in [0.25, 0.3) is 0 Å². The van der Waals surface area contributed by atoms with E-state index in [4.69, 9.17) is 15.2 Å². The highest BCUT2D eigenvalue weighted by Gasteiger charge is 2.16. The van der Waals surface area contributed by atoms with E-state index in [9.17, 15) is 4.39 Å². The first-order chi connectivity index (χ1) is 7.79. The van der Waals surface area contributed by atoms with Crippen LogP contribution in [0.3, 0.4) is 0 Å². The molecule has 1 aromatic carbocycles. The van der Waals surface area contributed by atoms with Crippen LogP contribution in [0, 0.1) is 5.82 Å². The van der Waals surface area contributed by atoms with Gasteiger partial charge < -0.3 is 15.2 Å². The molecule has 4 heteroatoms. The molecule has 88 valence electrons. The van der Waals surface area contributed by atoms with Gasteiger partial charge in [0.2, 0.25) is 0 Å². The summed E-state index contributed by atoms with van der Waals surface area (Å²) in [5, 5.41) is 0. The van der Waals surface area contributed by atoms with Crippen LogP contribution in [-0.2, 0) is 11.3 Å². The van der Waals surface area contributed by atoms with Crippen molar-refractivity contribution in [1.29, 1.82) is 0 Å². The second-order valence-corrected chi connectivity index (χ2v) is 3.91. The van der Waals surface area contributed by atoms with E-state index in [0.29, 0.717) is 13.2 Å². The van der Waals surface area contributed by atoms with Crippen molar-refractivity contribution in [3.63, 3.8) is 0 Å². The van der Waals surface area contributed by atoms with E-state index in [2.05, 4.69) is 0 Å². The molecule has 2 N–H and O–H groups in total. The first-order valence-corrected chi connectivity index (χ1v) is 5.52. The first-order valence-electron chi connectivity index (χ1n) is 5.52. The quantitative estimate of drug-likeness (QED) is 0.850. The molecule has 0 aromatic heterocycles. The highest BCUT2D eigenvalue weighted by molar-refractivity contribution is 5.29. The molecule has 0 aliphatic carbocycles. The number of benzene rings is 1. The van der Waals surface area contributed by atoms with E-state index in [1.165, 1.54) is 6.07 Å². The van der Waals surface area contributed by atoms with Gasteiger partial charge in [-0.1, -0.05) is 6.07 Å². The van der Waals surface area contributed by atoms with E-state index in [-0.39, 0.29) is 17.7 Å². The van der Waals surface area contributed by atoms with Crippen LogP contribution in [0.4, 0.5) is 4.39 Å². The van der Waals surface area contributed by atoms with Gasteiger partial charge in [0.25, 0.3) is 0 Å². The largest absolute Gasteiger partial charge is 0.488 e. The Morgan fingerprint density at radius 3 is 3.00 bits per heavy atom. The Kier molecular flexibility index (Phi) is 3.74. The molecule has 0 spiro atoms. The maximum Gasteiger partial charge on any atom is 0.165 e. The first kappa shape index (κ1) is 11.4. The second-order valence-electron chi connectivity index (χ2n) is 3.91. The van der Waals surface area contributed by atoms with Crippen molar-refractivity contribution in [3.8, 4) is 5.75 Å². The van der Waals surface area contributed by atoms with Crippen LogP contribution in [0.1, 0.15) is 18.4 Å². The van der Waals surface area contributed by atoms with E-state index >= 15 is 0 Å². The fraction of sp³-hybridized carbons (Fsp3) is 0.500. The number of nitrogens with two attached hydrogens (primary N) is 1. The summed E-state index contributed by atoms with van der Waals surface area (Å²) in [6, 6.07) is 4.80. The van der Waals surface area contributed by atoms with Crippen molar-refractivity contribution < 1.29 is 13.9 Å². The Morgan fingerprint density at radius 1 is 1.50 bits per heavy atom. The molecule has 1 saturated heterocycles. The van der Waals surface area contributed by atoms with E-state index in [1.54, 1.807) is 12.1 Å². The predicted octanol–water partition coefficient (Wildman–Crippen LogP) is 1.84. The molecule has 3 nitrogen and oxygen atoms in total. The molecular weight excluding hydrogens is 209 g/mol. The van der Waals surface area contributed by atoms with Crippen molar-refractivity contribution >= 4 is 0 Å². The Morgan fingerprint density at radius 2 is 2.38 bits per heavy atom. The van der Waals surface area contributed by atoms with Gasteiger partial charge in [-0.3, -0.25) is 0 Å². The Hall–Kier alpha value is -1.13. The number of hydrogen-bond donors (Lipinski definition) is 1. The highest BCUT2D eigenvalue weighted by Crippen LogP contribution is 2.20. The lowest BCUT2D eigenvalue weighted by Gasteiger charge is -2.12. The van der Waals surface area contributed by atoms with Gasteiger partial charge in [-0.15, -0.1) is 0 Å². The molecule has 1 unspecified atom stereocenters. The maximum absolute atomic E-state index is 13.5. The third-order valence-electron chi connectivity index (χ3n) is 2.68. The second kappa shape index (κ2) is 5.27. The van der Waals surface area contributed by atoms with E-state index in [0.717, 1.165) is 25.0 Å². The smallest absolute Gasteiger partial charge is 0.165 e. The fourth-order valence-corrected chi connectivity index (χ4v) is 1.75. The van der Waals surface area contributed by atoms with Gasteiger partial charge >= 0.3 is 0 Å². The maximum atomic E-state index is 13.5. The van der Waals surface area contributed by atoms with Crippen molar-refractivity contribution in [1.82, 2.24) is 0 Å². The van der Waals surface area contributed by atoms with Crippen LogP contribution in [0.2, 0.25) is 0 Å². The molecule has 0 amide bonds. The van der Waals surface area contributed by atoms with Crippen molar-refractivity contribution in [3.05, 3.63) is 29.6 Å². The summed E-state index contributed by atoms with van der Waals surface area (Å²) in [5.41, 5.74) is 6.18. The highest BCUT2D eigenvalue weighted by atomic mass is 19.1. The predicted molar refractivity (Wildman–Crippen MR) is 58.8 cm³/mol. The van der Waals surface area contributed by atoms with Gasteiger partial charge in [0.05, 0.1) is 6.10 Å². The molecule has 1 atom stereocenters. The third kappa shape index (κ3) is 2.71. The molecule has 0 saturated carbocycles. The average Bonchev–Trinajstić information content (AvgIpc) is 2.80. The van der Waals surface area contributed by atoms with Crippen LogP contribution >= 0.6 is 0 Å². The summed E-state index contributed by atoms with van der Waals surface area (Å²) in [6.07, 6.45) is 2.15. The average molecular weight is 225 g/mol. The molecule has 1 aliphatic heterocycles. The molecular formula is C12H16FNO2. The van der Waals surface area contributed by atoms with Gasteiger partial charge in [0.1, 0.15) is 6.61 Å².